The van der Waals surface area contributed by atoms with Crippen molar-refractivity contribution < 1.29 is 13.2 Å². The normalized spacial score (nSPS) is 22.6. The number of fused-ring (bicyclic) bond motifs is 3. The average molecular weight is 379 g/mol. The molecule has 2 saturated heterocycles. The van der Waals surface area contributed by atoms with E-state index in [2.05, 4.69) is 28.6 Å². The van der Waals surface area contributed by atoms with Crippen LogP contribution in [0.5, 0.6) is 0 Å². The summed E-state index contributed by atoms with van der Waals surface area (Å²) in [7, 11) is 0. The van der Waals surface area contributed by atoms with Crippen molar-refractivity contribution in [3.63, 3.8) is 0 Å². The molecule has 3 aromatic rings. The van der Waals surface area contributed by atoms with Gasteiger partial charge in [0.05, 0.1) is 29.4 Å². The number of hydrogen-bond acceptors (Lipinski definition) is 8. The highest BCUT2D eigenvalue weighted by Gasteiger charge is 2.45. The zero-order valence-corrected chi connectivity index (χ0v) is 14.1. The summed E-state index contributed by atoms with van der Waals surface area (Å²) in [5.74, 6) is 1.11. The molecule has 2 fully saturated rings. The zero-order chi connectivity index (χ0) is 17.9. The Hall–Kier alpha value is -2.56. The lowest BCUT2D eigenvalue weighted by Crippen LogP contribution is -2.47. The largest absolute Gasteiger partial charge is 0.416 e. The van der Waals surface area contributed by atoms with E-state index in [4.69, 9.17) is 0 Å². The number of pyridine rings is 1. The lowest BCUT2D eigenvalue weighted by atomic mass is 10.2. The SMILES string of the molecule is FC(F)(F)c1ccnc(N2CC3CC2CN3c2ncnc3nsnc23)c1. The highest BCUT2D eigenvalue weighted by atomic mass is 32.1. The van der Waals surface area contributed by atoms with Crippen LogP contribution >= 0.6 is 11.7 Å². The van der Waals surface area contributed by atoms with E-state index in [1.807, 2.05) is 4.90 Å². The number of aromatic nitrogens is 5. The summed E-state index contributed by atoms with van der Waals surface area (Å²) in [5.41, 5.74) is 0.571. The summed E-state index contributed by atoms with van der Waals surface area (Å²) in [4.78, 5) is 16.7. The predicted octanol–water partition coefficient (Wildman–Crippen LogP) is 2.36. The van der Waals surface area contributed by atoms with E-state index >= 15 is 0 Å². The maximum atomic E-state index is 13.0. The fourth-order valence-electron chi connectivity index (χ4n) is 3.78. The van der Waals surface area contributed by atoms with Crippen LogP contribution in [-0.4, -0.2) is 48.9 Å². The molecule has 2 bridgehead atoms. The Balaban J connectivity index is 1.42. The van der Waals surface area contributed by atoms with Gasteiger partial charge in [-0.05, 0) is 18.6 Å². The van der Waals surface area contributed by atoms with Crippen LogP contribution in [0, 0.1) is 0 Å². The van der Waals surface area contributed by atoms with Crippen LogP contribution in [0.4, 0.5) is 24.8 Å². The average Bonchev–Trinajstić information content (AvgIpc) is 3.35. The Bertz CT molecular complexity index is 975. The van der Waals surface area contributed by atoms with E-state index in [1.165, 1.54) is 12.5 Å². The molecule has 5 rings (SSSR count). The van der Waals surface area contributed by atoms with Gasteiger partial charge in [-0.1, -0.05) is 0 Å². The maximum absolute atomic E-state index is 13.0. The van der Waals surface area contributed by atoms with Crippen LogP contribution in [0.15, 0.2) is 24.7 Å². The zero-order valence-electron chi connectivity index (χ0n) is 13.3. The first-order valence-electron chi connectivity index (χ1n) is 8.00. The fraction of sp³-hybridized carbons (Fsp3) is 0.400. The first-order valence-corrected chi connectivity index (χ1v) is 8.73. The van der Waals surface area contributed by atoms with Gasteiger partial charge in [0.15, 0.2) is 17.0 Å². The minimum atomic E-state index is -4.37. The molecule has 2 aliphatic rings. The molecular weight excluding hydrogens is 367 g/mol. The minimum absolute atomic E-state index is 0.0904. The molecule has 7 nitrogen and oxygen atoms in total. The van der Waals surface area contributed by atoms with Gasteiger partial charge in [-0.2, -0.15) is 21.9 Å². The standard InChI is InChI=1S/C15H12F3N7S/c16-15(17,18)8-1-2-19-11(3-8)24-5-10-4-9(24)6-25(10)14-12-13(20-7-21-14)23-26-22-12/h1-3,7,9-10H,4-6H2. The van der Waals surface area contributed by atoms with E-state index in [1.54, 1.807) is 0 Å². The second-order valence-corrected chi connectivity index (χ2v) is 6.91. The van der Waals surface area contributed by atoms with Gasteiger partial charge >= 0.3 is 6.18 Å². The molecule has 2 atom stereocenters. The third kappa shape index (κ3) is 2.37. The van der Waals surface area contributed by atoms with Crippen LogP contribution in [0.1, 0.15) is 12.0 Å². The van der Waals surface area contributed by atoms with E-state index in [-0.39, 0.29) is 12.1 Å². The van der Waals surface area contributed by atoms with Crippen molar-refractivity contribution in [1.82, 2.24) is 23.7 Å². The third-order valence-electron chi connectivity index (χ3n) is 4.92. The van der Waals surface area contributed by atoms with Gasteiger partial charge in [-0.15, -0.1) is 0 Å². The Morgan fingerprint density at radius 1 is 1.04 bits per heavy atom. The van der Waals surface area contributed by atoms with Crippen molar-refractivity contribution in [2.24, 2.45) is 0 Å². The first-order chi connectivity index (χ1) is 12.5. The van der Waals surface area contributed by atoms with Gasteiger partial charge in [0, 0.05) is 19.3 Å². The van der Waals surface area contributed by atoms with Gasteiger partial charge in [0.2, 0.25) is 0 Å². The number of anilines is 2. The molecule has 2 aliphatic heterocycles. The molecule has 134 valence electrons. The van der Waals surface area contributed by atoms with Crippen LogP contribution < -0.4 is 9.80 Å². The quantitative estimate of drug-likeness (QED) is 0.677. The lowest BCUT2D eigenvalue weighted by molar-refractivity contribution is -0.137. The minimum Gasteiger partial charge on any atom is -0.350 e. The van der Waals surface area contributed by atoms with Gasteiger partial charge in [0.1, 0.15) is 12.1 Å². The Morgan fingerprint density at radius 2 is 1.85 bits per heavy atom. The van der Waals surface area contributed by atoms with Crippen molar-refractivity contribution in [1.29, 1.82) is 0 Å². The molecule has 11 heteroatoms. The van der Waals surface area contributed by atoms with E-state index in [9.17, 15) is 13.2 Å². The molecule has 0 aliphatic carbocycles. The summed E-state index contributed by atoms with van der Waals surface area (Å²) >= 11 is 1.09. The smallest absolute Gasteiger partial charge is 0.350 e. The van der Waals surface area contributed by atoms with Crippen molar-refractivity contribution >= 4 is 34.5 Å². The molecule has 5 heterocycles. The second kappa shape index (κ2) is 5.47. The fourth-order valence-corrected chi connectivity index (χ4v) is 4.27. The predicted molar refractivity (Wildman–Crippen MR) is 89.1 cm³/mol. The molecule has 26 heavy (non-hydrogen) atoms. The number of piperazine rings is 1. The summed E-state index contributed by atoms with van der Waals surface area (Å²) in [6.45, 7) is 1.26. The van der Waals surface area contributed by atoms with Crippen molar-refractivity contribution in [3.8, 4) is 0 Å². The molecule has 0 spiro atoms. The number of halogens is 3. The highest BCUT2D eigenvalue weighted by molar-refractivity contribution is 7.00. The molecule has 0 N–H and O–H groups in total. The van der Waals surface area contributed by atoms with Crippen molar-refractivity contribution in [2.75, 3.05) is 22.9 Å². The van der Waals surface area contributed by atoms with E-state index in [0.29, 0.717) is 30.1 Å². The monoisotopic (exact) mass is 379 g/mol. The van der Waals surface area contributed by atoms with Crippen LogP contribution in [0.25, 0.3) is 11.2 Å². The summed E-state index contributed by atoms with van der Waals surface area (Å²) in [6, 6.07) is 2.36. The number of nitrogens with zero attached hydrogens (tertiary/aromatic N) is 7. The lowest BCUT2D eigenvalue weighted by Gasteiger charge is -2.35. The van der Waals surface area contributed by atoms with E-state index < -0.39 is 11.7 Å². The number of alkyl halides is 3. The van der Waals surface area contributed by atoms with Gasteiger partial charge in [0.25, 0.3) is 0 Å². The van der Waals surface area contributed by atoms with Gasteiger partial charge in [-0.25, -0.2) is 15.0 Å². The van der Waals surface area contributed by atoms with Crippen LogP contribution in [-0.2, 0) is 6.18 Å². The molecule has 3 aromatic heterocycles. The summed E-state index contributed by atoms with van der Waals surface area (Å²) in [6.07, 6.45) is -0.832. The third-order valence-corrected chi connectivity index (χ3v) is 5.44. The topological polar surface area (TPSA) is 70.9 Å². The molecular formula is C15H12F3N7S. The molecule has 0 radical (unpaired) electrons. The molecule has 0 amide bonds. The first kappa shape index (κ1) is 15.7. The van der Waals surface area contributed by atoms with Gasteiger partial charge < -0.3 is 9.80 Å². The van der Waals surface area contributed by atoms with Crippen molar-refractivity contribution in [3.05, 3.63) is 30.2 Å². The van der Waals surface area contributed by atoms with Gasteiger partial charge in [-0.3, -0.25) is 0 Å². The Labute approximate surface area is 149 Å². The summed E-state index contributed by atoms with van der Waals surface area (Å²) < 4.78 is 47.3. The van der Waals surface area contributed by atoms with Crippen LogP contribution in [0.2, 0.25) is 0 Å². The van der Waals surface area contributed by atoms with E-state index in [0.717, 1.165) is 36.1 Å². The molecule has 0 aromatic carbocycles. The summed E-state index contributed by atoms with van der Waals surface area (Å²) in [5, 5.41) is 0. The maximum Gasteiger partial charge on any atom is 0.416 e. The Morgan fingerprint density at radius 3 is 2.62 bits per heavy atom. The molecule has 0 saturated carbocycles. The number of hydrogen-bond donors (Lipinski definition) is 0. The second-order valence-electron chi connectivity index (χ2n) is 6.38. The van der Waals surface area contributed by atoms with Crippen molar-refractivity contribution in [2.45, 2.75) is 24.7 Å². The highest BCUT2D eigenvalue weighted by Crippen LogP contribution is 2.39. The molecule has 2 unspecified atom stereocenters. The van der Waals surface area contributed by atoms with Crippen LogP contribution in [0.3, 0.4) is 0 Å². The Kier molecular flexibility index (Phi) is 3.30. The number of rotatable bonds is 2.